The maximum atomic E-state index is 5.61. The zero-order valence-electron chi connectivity index (χ0n) is 10.6. The van der Waals surface area contributed by atoms with Crippen molar-refractivity contribution in [3.63, 3.8) is 0 Å². The van der Waals surface area contributed by atoms with Crippen molar-refractivity contribution < 1.29 is 14.2 Å². The van der Waals surface area contributed by atoms with Gasteiger partial charge in [-0.3, -0.25) is 0 Å². The molecule has 6 nitrogen and oxygen atoms in total. The first-order valence-corrected chi connectivity index (χ1v) is 6.92. The molecule has 18 heavy (non-hydrogen) atoms. The molecule has 1 fully saturated rings. The third-order valence-electron chi connectivity index (χ3n) is 2.67. The third-order valence-corrected chi connectivity index (χ3v) is 3.51. The normalized spacial score (nSPS) is 19.3. The molecule has 1 saturated heterocycles. The van der Waals surface area contributed by atoms with Gasteiger partial charge in [0.15, 0.2) is 0 Å². The first kappa shape index (κ1) is 13.7. The summed E-state index contributed by atoms with van der Waals surface area (Å²) >= 11 is 1.49. The van der Waals surface area contributed by atoms with Crippen LogP contribution in [0.1, 0.15) is 11.4 Å². The zero-order valence-corrected chi connectivity index (χ0v) is 11.4. The number of nitrogens with one attached hydrogen (secondary N) is 1. The van der Waals surface area contributed by atoms with Gasteiger partial charge in [-0.2, -0.15) is 0 Å². The van der Waals surface area contributed by atoms with E-state index in [1.807, 2.05) is 0 Å². The Kier molecular flexibility index (Phi) is 5.79. The van der Waals surface area contributed by atoms with Crippen molar-refractivity contribution >= 4 is 11.3 Å². The first-order valence-electron chi connectivity index (χ1n) is 6.11. The fourth-order valence-corrected chi connectivity index (χ4v) is 2.31. The second-order valence-corrected chi connectivity index (χ2v) is 5.20. The molecule has 0 aromatic carbocycles. The molecule has 2 heterocycles. The minimum absolute atomic E-state index is 0.497. The van der Waals surface area contributed by atoms with E-state index in [4.69, 9.17) is 14.2 Å². The summed E-state index contributed by atoms with van der Waals surface area (Å²) in [4.78, 5) is 0. The third kappa shape index (κ3) is 4.49. The number of ether oxygens (including phenoxy) is 3. The molecule has 0 spiro atoms. The summed E-state index contributed by atoms with van der Waals surface area (Å²) in [6, 6.07) is 0. The lowest BCUT2D eigenvalue weighted by molar-refractivity contribution is 0.166. The van der Waals surface area contributed by atoms with Gasteiger partial charge in [-0.25, -0.2) is 0 Å². The maximum absolute atomic E-state index is 5.61. The molecule has 1 unspecified atom stereocenters. The lowest BCUT2D eigenvalue weighted by Gasteiger charge is -2.06. The summed E-state index contributed by atoms with van der Waals surface area (Å²) in [7, 11) is 1.69. The van der Waals surface area contributed by atoms with Gasteiger partial charge >= 0.3 is 0 Å². The molecule has 1 N–H and O–H groups in total. The van der Waals surface area contributed by atoms with E-state index in [9.17, 15) is 0 Å². The van der Waals surface area contributed by atoms with E-state index in [0.717, 1.165) is 31.2 Å². The molecular weight excluding hydrogens is 254 g/mol. The second kappa shape index (κ2) is 7.63. The first-order chi connectivity index (χ1) is 8.88. The quantitative estimate of drug-likeness (QED) is 0.703. The predicted molar refractivity (Wildman–Crippen MR) is 67.9 cm³/mol. The highest BCUT2D eigenvalue weighted by Gasteiger charge is 2.17. The molecule has 2 rings (SSSR count). The molecule has 1 aromatic heterocycles. The largest absolute Gasteiger partial charge is 0.469 e. The van der Waals surface area contributed by atoms with Crippen molar-refractivity contribution in [1.82, 2.24) is 15.5 Å². The number of nitrogens with zero attached hydrogens (tertiary/aromatic N) is 2. The summed E-state index contributed by atoms with van der Waals surface area (Å²) in [5.74, 6) is 0.497. The number of rotatable bonds is 8. The Balaban J connectivity index is 1.65. The molecule has 0 radical (unpaired) electrons. The van der Waals surface area contributed by atoms with Crippen LogP contribution in [0.2, 0.25) is 0 Å². The van der Waals surface area contributed by atoms with E-state index in [-0.39, 0.29) is 0 Å². The highest BCUT2D eigenvalue weighted by Crippen LogP contribution is 2.20. The minimum Gasteiger partial charge on any atom is -0.469 e. The fourth-order valence-electron chi connectivity index (χ4n) is 1.64. The molecule has 1 aliphatic heterocycles. The van der Waals surface area contributed by atoms with Gasteiger partial charge < -0.3 is 19.5 Å². The van der Waals surface area contributed by atoms with Crippen LogP contribution in [0.3, 0.4) is 0 Å². The van der Waals surface area contributed by atoms with Gasteiger partial charge in [0.1, 0.15) is 5.01 Å². The van der Waals surface area contributed by atoms with Crippen LogP contribution in [0.25, 0.3) is 0 Å². The van der Waals surface area contributed by atoms with Crippen LogP contribution in [0.5, 0.6) is 5.19 Å². The molecule has 0 amide bonds. The lowest BCUT2D eigenvalue weighted by Crippen LogP contribution is -2.18. The molecule has 1 aromatic rings. The van der Waals surface area contributed by atoms with E-state index in [1.165, 1.54) is 11.3 Å². The van der Waals surface area contributed by atoms with Crippen LogP contribution in [-0.2, 0) is 16.0 Å². The molecule has 102 valence electrons. The highest BCUT2D eigenvalue weighted by atomic mass is 32.1. The standard InChI is InChI=1S/C11H19N3O3S/c1-15-5-3-12-6-10-13-14-11(18-10)17-8-9-2-4-16-7-9/h9,12H,2-8H2,1H3. The topological polar surface area (TPSA) is 65.5 Å². The summed E-state index contributed by atoms with van der Waals surface area (Å²) in [5, 5.41) is 12.9. The van der Waals surface area contributed by atoms with E-state index in [0.29, 0.717) is 30.9 Å². The van der Waals surface area contributed by atoms with Gasteiger partial charge in [0.2, 0.25) is 0 Å². The fraction of sp³-hybridized carbons (Fsp3) is 0.818. The minimum atomic E-state index is 0.497. The van der Waals surface area contributed by atoms with Gasteiger partial charge in [-0.1, -0.05) is 11.3 Å². The van der Waals surface area contributed by atoms with Gasteiger partial charge in [-0.15, -0.1) is 10.2 Å². The van der Waals surface area contributed by atoms with Crippen LogP contribution < -0.4 is 10.1 Å². The summed E-state index contributed by atoms with van der Waals surface area (Å²) in [5.41, 5.74) is 0. The summed E-state index contributed by atoms with van der Waals surface area (Å²) < 4.78 is 15.9. The molecule has 1 aliphatic rings. The summed E-state index contributed by atoms with van der Waals surface area (Å²) in [6.45, 7) is 4.53. The van der Waals surface area contributed by atoms with Crippen molar-refractivity contribution in [3.8, 4) is 5.19 Å². The Morgan fingerprint density at radius 1 is 1.50 bits per heavy atom. The SMILES string of the molecule is COCCNCc1nnc(OCC2CCOC2)s1. The van der Waals surface area contributed by atoms with Crippen molar-refractivity contribution in [3.05, 3.63) is 5.01 Å². The zero-order chi connectivity index (χ0) is 12.6. The number of methoxy groups -OCH3 is 1. The van der Waals surface area contributed by atoms with Crippen LogP contribution in [-0.4, -0.2) is 50.3 Å². The van der Waals surface area contributed by atoms with Crippen LogP contribution in [0.4, 0.5) is 0 Å². The Hall–Kier alpha value is -0.760. The highest BCUT2D eigenvalue weighted by molar-refractivity contribution is 7.13. The smallest absolute Gasteiger partial charge is 0.294 e. The van der Waals surface area contributed by atoms with Gasteiger partial charge in [0, 0.05) is 32.7 Å². The second-order valence-electron chi connectivity index (χ2n) is 4.17. The van der Waals surface area contributed by atoms with Gasteiger partial charge in [0.25, 0.3) is 5.19 Å². The average Bonchev–Trinajstić information content (AvgIpc) is 3.03. The van der Waals surface area contributed by atoms with Crippen LogP contribution >= 0.6 is 11.3 Å². The van der Waals surface area contributed by atoms with Crippen molar-refractivity contribution in [2.75, 3.05) is 40.1 Å². The Labute approximate surface area is 111 Å². The average molecular weight is 273 g/mol. The number of hydrogen-bond acceptors (Lipinski definition) is 7. The Morgan fingerprint density at radius 2 is 2.44 bits per heavy atom. The van der Waals surface area contributed by atoms with Crippen molar-refractivity contribution in [2.24, 2.45) is 5.92 Å². The van der Waals surface area contributed by atoms with E-state index >= 15 is 0 Å². The van der Waals surface area contributed by atoms with E-state index in [2.05, 4.69) is 15.5 Å². The Bertz CT molecular complexity index is 342. The summed E-state index contributed by atoms with van der Waals surface area (Å²) in [6.07, 6.45) is 1.07. The number of hydrogen-bond donors (Lipinski definition) is 1. The number of aromatic nitrogens is 2. The van der Waals surface area contributed by atoms with Gasteiger partial charge in [-0.05, 0) is 6.42 Å². The lowest BCUT2D eigenvalue weighted by atomic mass is 10.1. The van der Waals surface area contributed by atoms with E-state index in [1.54, 1.807) is 7.11 Å². The molecule has 7 heteroatoms. The molecule has 0 aliphatic carbocycles. The molecule has 1 atom stereocenters. The maximum Gasteiger partial charge on any atom is 0.294 e. The molecular formula is C11H19N3O3S. The van der Waals surface area contributed by atoms with Crippen LogP contribution in [0.15, 0.2) is 0 Å². The predicted octanol–water partition coefficient (Wildman–Crippen LogP) is 0.689. The van der Waals surface area contributed by atoms with Crippen molar-refractivity contribution in [2.45, 2.75) is 13.0 Å². The van der Waals surface area contributed by atoms with E-state index < -0.39 is 0 Å². The van der Waals surface area contributed by atoms with Crippen LogP contribution in [0, 0.1) is 5.92 Å². The Morgan fingerprint density at radius 3 is 3.22 bits per heavy atom. The monoisotopic (exact) mass is 273 g/mol. The molecule has 0 bridgehead atoms. The van der Waals surface area contributed by atoms with Crippen molar-refractivity contribution in [1.29, 1.82) is 0 Å². The van der Waals surface area contributed by atoms with Gasteiger partial charge in [0.05, 0.1) is 19.8 Å². The molecule has 0 saturated carbocycles.